The molecule has 0 aliphatic carbocycles. The lowest BCUT2D eigenvalue weighted by molar-refractivity contribution is 0.483. The van der Waals surface area contributed by atoms with Crippen molar-refractivity contribution in [3.63, 3.8) is 0 Å². The Hall–Kier alpha value is -1.67. The third-order valence-electron chi connectivity index (χ3n) is 3.09. The van der Waals surface area contributed by atoms with Crippen molar-refractivity contribution in [3.8, 4) is 11.5 Å². The standard InChI is InChI=1S/C15H14ClNO/c16-13-8-9-14(15-12(13)7-4-10-17-15)18-11-5-2-1-3-6-11/h1-3,5-6,8-9,17H,4,7,10H2. The largest absolute Gasteiger partial charge is 0.455 e. The van der Waals surface area contributed by atoms with Gasteiger partial charge in [-0.05, 0) is 42.7 Å². The highest BCUT2D eigenvalue weighted by atomic mass is 35.5. The van der Waals surface area contributed by atoms with Crippen molar-refractivity contribution in [1.82, 2.24) is 0 Å². The zero-order chi connectivity index (χ0) is 12.4. The summed E-state index contributed by atoms with van der Waals surface area (Å²) in [4.78, 5) is 0. The van der Waals surface area contributed by atoms with E-state index in [9.17, 15) is 0 Å². The molecule has 0 bridgehead atoms. The summed E-state index contributed by atoms with van der Waals surface area (Å²) in [5, 5.41) is 4.20. The molecular formula is C15H14ClNO. The molecule has 0 spiro atoms. The first-order chi connectivity index (χ1) is 8.84. The van der Waals surface area contributed by atoms with Crippen molar-refractivity contribution in [2.75, 3.05) is 11.9 Å². The molecule has 2 aromatic carbocycles. The molecule has 0 atom stereocenters. The van der Waals surface area contributed by atoms with Gasteiger partial charge < -0.3 is 10.1 Å². The molecule has 0 saturated heterocycles. The number of fused-ring (bicyclic) bond motifs is 1. The van der Waals surface area contributed by atoms with Crippen molar-refractivity contribution in [1.29, 1.82) is 0 Å². The molecule has 3 heteroatoms. The van der Waals surface area contributed by atoms with Gasteiger partial charge in [0.05, 0.1) is 5.69 Å². The molecule has 0 fully saturated rings. The van der Waals surface area contributed by atoms with E-state index < -0.39 is 0 Å². The molecule has 2 nitrogen and oxygen atoms in total. The highest BCUT2D eigenvalue weighted by molar-refractivity contribution is 6.31. The van der Waals surface area contributed by atoms with Gasteiger partial charge in [0.2, 0.25) is 0 Å². The van der Waals surface area contributed by atoms with Gasteiger partial charge in [-0.15, -0.1) is 0 Å². The van der Waals surface area contributed by atoms with Crippen LogP contribution in [0.3, 0.4) is 0 Å². The second-order valence-corrected chi connectivity index (χ2v) is 4.75. The van der Waals surface area contributed by atoms with Crippen molar-refractivity contribution in [3.05, 3.63) is 53.1 Å². The number of nitrogens with one attached hydrogen (secondary N) is 1. The number of rotatable bonds is 2. The second-order valence-electron chi connectivity index (χ2n) is 4.34. The van der Waals surface area contributed by atoms with Gasteiger partial charge >= 0.3 is 0 Å². The van der Waals surface area contributed by atoms with Crippen LogP contribution in [0.1, 0.15) is 12.0 Å². The Kier molecular flexibility index (Phi) is 3.11. The van der Waals surface area contributed by atoms with Gasteiger partial charge in [-0.2, -0.15) is 0 Å². The Morgan fingerprint density at radius 3 is 2.72 bits per heavy atom. The molecule has 1 aliphatic heterocycles. The highest BCUT2D eigenvalue weighted by Crippen LogP contribution is 2.38. The molecule has 0 aromatic heterocycles. The first kappa shape index (κ1) is 11.4. The van der Waals surface area contributed by atoms with E-state index >= 15 is 0 Å². The lowest BCUT2D eigenvalue weighted by Crippen LogP contribution is -2.13. The van der Waals surface area contributed by atoms with Crippen LogP contribution in [0.25, 0.3) is 0 Å². The minimum absolute atomic E-state index is 0.817. The van der Waals surface area contributed by atoms with Crippen LogP contribution in [-0.4, -0.2) is 6.54 Å². The Bertz CT molecular complexity index is 554. The van der Waals surface area contributed by atoms with E-state index in [0.717, 1.165) is 47.2 Å². The van der Waals surface area contributed by atoms with Gasteiger partial charge in [0.1, 0.15) is 5.75 Å². The Labute approximate surface area is 112 Å². The fourth-order valence-corrected chi connectivity index (χ4v) is 2.47. The summed E-state index contributed by atoms with van der Waals surface area (Å²) in [5.74, 6) is 1.69. The number of benzene rings is 2. The van der Waals surface area contributed by atoms with Crippen LogP contribution < -0.4 is 10.1 Å². The van der Waals surface area contributed by atoms with E-state index in [4.69, 9.17) is 16.3 Å². The zero-order valence-electron chi connectivity index (χ0n) is 9.95. The van der Waals surface area contributed by atoms with Gasteiger partial charge in [-0.3, -0.25) is 0 Å². The van der Waals surface area contributed by atoms with E-state index in [1.165, 1.54) is 0 Å². The Balaban J connectivity index is 1.98. The number of para-hydroxylation sites is 1. The van der Waals surface area contributed by atoms with Crippen LogP contribution in [0.15, 0.2) is 42.5 Å². The summed E-state index contributed by atoms with van der Waals surface area (Å²) in [6, 6.07) is 13.6. The van der Waals surface area contributed by atoms with E-state index in [1.54, 1.807) is 0 Å². The Morgan fingerprint density at radius 1 is 1.06 bits per heavy atom. The van der Waals surface area contributed by atoms with Gasteiger partial charge in [0.25, 0.3) is 0 Å². The maximum absolute atomic E-state index is 6.22. The molecule has 1 heterocycles. The summed E-state index contributed by atoms with van der Waals surface area (Å²) in [5.41, 5.74) is 2.20. The van der Waals surface area contributed by atoms with Crippen molar-refractivity contribution in [2.45, 2.75) is 12.8 Å². The van der Waals surface area contributed by atoms with Crippen LogP contribution in [0, 0.1) is 0 Å². The number of anilines is 1. The number of halogens is 1. The topological polar surface area (TPSA) is 21.3 Å². The van der Waals surface area contributed by atoms with Gasteiger partial charge in [0.15, 0.2) is 5.75 Å². The fourth-order valence-electron chi connectivity index (χ4n) is 2.22. The lowest BCUT2D eigenvalue weighted by atomic mass is 10.0. The van der Waals surface area contributed by atoms with Gasteiger partial charge in [0, 0.05) is 11.6 Å². The first-order valence-corrected chi connectivity index (χ1v) is 6.50. The normalized spacial score (nSPS) is 13.6. The average molecular weight is 260 g/mol. The Morgan fingerprint density at radius 2 is 1.89 bits per heavy atom. The maximum Gasteiger partial charge on any atom is 0.150 e. The van der Waals surface area contributed by atoms with Gasteiger partial charge in [-0.25, -0.2) is 0 Å². The van der Waals surface area contributed by atoms with Crippen LogP contribution in [0.5, 0.6) is 11.5 Å². The van der Waals surface area contributed by atoms with Crippen LogP contribution in [0.2, 0.25) is 5.02 Å². The molecular weight excluding hydrogens is 246 g/mol. The van der Waals surface area contributed by atoms with Gasteiger partial charge in [-0.1, -0.05) is 29.8 Å². The van der Waals surface area contributed by atoms with Crippen molar-refractivity contribution in [2.24, 2.45) is 0 Å². The summed E-state index contributed by atoms with van der Waals surface area (Å²) in [7, 11) is 0. The third-order valence-corrected chi connectivity index (χ3v) is 3.45. The van der Waals surface area contributed by atoms with E-state index in [1.807, 2.05) is 42.5 Å². The molecule has 0 radical (unpaired) electrons. The second kappa shape index (κ2) is 4.91. The van der Waals surface area contributed by atoms with E-state index in [0.29, 0.717) is 0 Å². The number of ether oxygens (including phenoxy) is 1. The smallest absolute Gasteiger partial charge is 0.150 e. The number of hydrogen-bond donors (Lipinski definition) is 1. The quantitative estimate of drug-likeness (QED) is 0.858. The fraction of sp³-hybridized carbons (Fsp3) is 0.200. The molecule has 1 N–H and O–H groups in total. The van der Waals surface area contributed by atoms with E-state index in [-0.39, 0.29) is 0 Å². The third kappa shape index (κ3) is 2.16. The molecule has 2 aromatic rings. The molecule has 18 heavy (non-hydrogen) atoms. The molecule has 3 rings (SSSR count). The summed E-state index contributed by atoms with van der Waals surface area (Å²) in [6.45, 7) is 0.971. The summed E-state index contributed by atoms with van der Waals surface area (Å²) in [6.07, 6.45) is 2.12. The zero-order valence-corrected chi connectivity index (χ0v) is 10.7. The summed E-state index contributed by atoms with van der Waals surface area (Å²) >= 11 is 6.22. The van der Waals surface area contributed by atoms with Crippen molar-refractivity contribution >= 4 is 17.3 Å². The molecule has 1 aliphatic rings. The predicted molar refractivity (Wildman–Crippen MR) is 74.8 cm³/mol. The first-order valence-electron chi connectivity index (χ1n) is 6.13. The number of hydrogen-bond acceptors (Lipinski definition) is 2. The minimum Gasteiger partial charge on any atom is -0.455 e. The van der Waals surface area contributed by atoms with Crippen molar-refractivity contribution < 1.29 is 4.74 Å². The lowest BCUT2D eigenvalue weighted by Gasteiger charge is -2.22. The predicted octanol–water partition coefficient (Wildman–Crippen LogP) is 4.49. The van der Waals surface area contributed by atoms with E-state index in [2.05, 4.69) is 5.32 Å². The monoisotopic (exact) mass is 259 g/mol. The molecule has 0 amide bonds. The molecule has 0 unspecified atom stereocenters. The average Bonchev–Trinajstić information content (AvgIpc) is 2.44. The van der Waals surface area contributed by atoms with Crippen LogP contribution in [0.4, 0.5) is 5.69 Å². The molecule has 92 valence electrons. The van der Waals surface area contributed by atoms with Crippen LogP contribution in [-0.2, 0) is 6.42 Å². The highest BCUT2D eigenvalue weighted by Gasteiger charge is 2.17. The minimum atomic E-state index is 0.817. The van der Waals surface area contributed by atoms with Crippen LogP contribution >= 0.6 is 11.6 Å². The summed E-state index contributed by atoms with van der Waals surface area (Å²) < 4.78 is 5.91. The SMILES string of the molecule is Clc1ccc(Oc2ccccc2)c2c1CCCN2. The maximum atomic E-state index is 6.22. The molecule has 0 saturated carbocycles.